The SMILES string of the molecule is O=C(CCOc1cccc(F)c1)N1C[C@@H]2CS(=O)(=O)C[C@@H]2C1. The predicted molar refractivity (Wildman–Crippen MR) is 78.7 cm³/mol. The summed E-state index contributed by atoms with van der Waals surface area (Å²) in [5.74, 6) is 0.539. The molecular formula is C15H18FNO4S. The summed E-state index contributed by atoms with van der Waals surface area (Å²) in [6.45, 7) is 1.22. The second-order valence-corrected chi connectivity index (χ2v) is 8.11. The van der Waals surface area contributed by atoms with E-state index in [1.54, 1.807) is 17.0 Å². The number of halogens is 1. The Morgan fingerprint density at radius 3 is 2.59 bits per heavy atom. The van der Waals surface area contributed by atoms with E-state index in [0.717, 1.165) is 0 Å². The number of hydrogen-bond donors (Lipinski definition) is 0. The van der Waals surface area contributed by atoms with Gasteiger partial charge in [-0.3, -0.25) is 4.79 Å². The van der Waals surface area contributed by atoms with Crippen molar-refractivity contribution in [2.75, 3.05) is 31.2 Å². The van der Waals surface area contributed by atoms with Gasteiger partial charge < -0.3 is 9.64 Å². The maximum absolute atomic E-state index is 13.0. The Balaban J connectivity index is 1.46. The highest BCUT2D eigenvalue weighted by Gasteiger charge is 2.44. The molecule has 7 heteroatoms. The molecule has 0 unspecified atom stereocenters. The quantitative estimate of drug-likeness (QED) is 0.831. The summed E-state index contributed by atoms with van der Waals surface area (Å²) in [4.78, 5) is 13.8. The fourth-order valence-corrected chi connectivity index (χ4v) is 5.41. The van der Waals surface area contributed by atoms with E-state index in [4.69, 9.17) is 4.74 Å². The molecule has 1 amide bonds. The lowest BCUT2D eigenvalue weighted by Crippen LogP contribution is -2.31. The molecule has 2 saturated heterocycles. The molecule has 2 heterocycles. The molecule has 2 atom stereocenters. The molecule has 1 aromatic carbocycles. The summed E-state index contributed by atoms with van der Waals surface area (Å²) in [5, 5.41) is 0. The zero-order valence-corrected chi connectivity index (χ0v) is 12.9. The first-order valence-electron chi connectivity index (χ1n) is 7.29. The van der Waals surface area contributed by atoms with E-state index in [9.17, 15) is 17.6 Å². The number of carbonyl (C=O) groups is 1. The molecule has 120 valence electrons. The third kappa shape index (κ3) is 3.40. The second kappa shape index (κ2) is 5.87. The van der Waals surface area contributed by atoms with Gasteiger partial charge in [-0.25, -0.2) is 12.8 Å². The van der Waals surface area contributed by atoms with Gasteiger partial charge in [0, 0.05) is 19.2 Å². The van der Waals surface area contributed by atoms with Gasteiger partial charge in [-0.2, -0.15) is 0 Å². The molecule has 3 rings (SSSR count). The fraction of sp³-hybridized carbons (Fsp3) is 0.533. The number of amides is 1. The molecule has 0 aliphatic carbocycles. The zero-order valence-electron chi connectivity index (χ0n) is 12.1. The van der Waals surface area contributed by atoms with Crippen LogP contribution < -0.4 is 4.74 Å². The summed E-state index contributed by atoms with van der Waals surface area (Å²) in [7, 11) is -2.91. The van der Waals surface area contributed by atoms with Gasteiger partial charge in [-0.1, -0.05) is 6.07 Å². The molecule has 0 N–H and O–H groups in total. The standard InChI is InChI=1S/C15H18FNO4S/c16-13-2-1-3-14(6-13)21-5-4-15(18)17-7-11-9-22(19,20)10-12(11)8-17/h1-3,6,11-12H,4-5,7-10H2/t11-,12+. The van der Waals surface area contributed by atoms with Crippen LogP contribution in [0.15, 0.2) is 24.3 Å². The van der Waals surface area contributed by atoms with Crippen molar-refractivity contribution in [2.45, 2.75) is 6.42 Å². The summed E-state index contributed by atoms with van der Waals surface area (Å²) in [6, 6.07) is 5.79. The molecule has 2 aliphatic heterocycles. The Morgan fingerprint density at radius 2 is 1.95 bits per heavy atom. The molecule has 0 aromatic heterocycles. The number of rotatable bonds is 4. The lowest BCUT2D eigenvalue weighted by atomic mass is 10.0. The van der Waals surface area contributed by atoms with Crippen molar-refractivity contribution in [3.05, 3.63) is 30.1 Å². The molecular weight excluding hydrogens is 309 g/mol. The van der Waals surface area contributed by atoms with Gasteiger partial charge in [0.15, 0.2) is 9.84 Å². The Hall–Kier alpha value is -1.63. The average Bonchev–Trinajstić information content (AvgIpc) is 2.92. The lowest BCUT2D eigenvalue weighted by molar-refractivity contribution is -0.130. The van der Waals surface area contributed by atoms with Gasteiger partial charge in [-0.05, 0) is 24.0 Å². The molecule has 0 bridgehead atoms. The normalized spacial score (nSPS) is 26.0. The maximum Gasteiger partial charge on any atom is 0.226 e. The Morgan fingerprint density at radius 1 is 1.27 bits per heavy atom. The lowest BCUT2D eigenvalue weighted by Gasteiger charge is -2.17. The molecule has 2 fully saturated rings. The van der Waals surface area contributed by atoms with E-state index in [2.05, 4.69) is 0 Å². The average molecular weight is 327 g/mol. The molecule has 5 nitrogen and oxygen atoms in total. The van der Waals surface area contributed by atoms with Crippen molar-refractivity contribution in [1.29, 1.82) is 0 Å². The van der Waals surface area contributed by atoms with Crippen molar-refractivity contribution in [3.8, 4) is 5.75 Å². The maximum atomic E-state index is 13.0. The van der Waals surface area contributed by atoms with Crippen LogP contribution in [0.2, 0.25) is 0 Å². The van der Waals surface area contributed by atoms with Gasteiger partial charge in [-0.15, -0.1) is 0 Å². The molecule has 0 spiro atoms. The highest BCUT2D eigenvalue weighted by molar-refractivity contribution is 7.91. The minimum Gasteiger partial charge on any atom is -0.493 e. The van der Waals surface area contributed by atoms with Crippen LogP contribution >= 0.6 is 0 Å². The third-order valence-corrected chi connectivity index (χ3v) is 6.12. The van der Waals surface area contributed by atoms with Gasteiger partial charge in [0.1, 0.15) is 11.6 Å². The summed E-state index contributed by atoms with van der Waals surface area (Å²) in [6.07, 6.45) is 0.211. The van der Waals surface area contributed by atoms with Crippen LogP contribution in [0.4, 0.5) is 4.39 Å². The van der Waals surface area contributed by atoms with Gasteiger partial charge in [0.2, 0.25) is 5.91 Å². The van der Waals surface area contributed by atoms with Crippen LogP contribution in [0.25, 0.3) is 0 Å². The van der Waals surface area contributed by atoms with Crippen LogP contribution in [0.3, 0.4) is 0 Å². The number of fused-ring (bicyclic) bond motifs is 1. The Labute approximate surface area is 129 Å². The van der Waals surface area contributed by atoms with Crippen molar-refractivity contribution >= 4 is 15.7 Å². The molecule has 22 heavy (non-hydrogen) atoms. The first-order valence-corrected chi connectivity index (χ1v) is 9.12. The largest absolute Gasteiger partial charge is 0.493 e. The van der Waals surface area contributed by atoms with Crippen LogP contribution in [-0.4, -0.2) is 50.4 Å². The number of carbonyl (C=O) groups excluding carboxylic acids is 1. The minimum absolute atomic E-state index is 0.0387. The number of sulfone groups is 1. The van der Waals surface area contributed by atoms with Crippen LogP contribution in [-0.2, 0) is 14.6 Å². The van der Waals surface area contributed by atoms with Crippen molar-refractivity contribution in [3.63, 3.8) is 0 Å². The van der Waals surface area contributed by atoms with Crippen LogP contribution in [0.5, 0.6) is 5.75 Å². The van der Waals surface area contributed by atoms with Crippen LogP contribution in [0, 0.1) is 17.7 Å². The van der Waals surface area contributed by atoms with E-state index in [-0.39, 0.29) is 48.1 Å². The van der Waals surface area contributed by atoms with E-state index < -0.39 is 9.84 Å². The number of hydrogen-bond acceptors (Lipinski definition) is 4. The van der Waals surface area contributed by atoms with Gasteiger partial charge in [0.05, 0.1) is 24.5 Å². The van der Waals surface area contributed by atoms with Gasteiger partial charge >= 0.3 is 0 Å². The molecule has 0 saturated carbocycles. The topological polar surface area (TPSA) is 63.7 Å². The fourth-order valence-electron chi connectivity index (χ4n) is 3.21. The Kier molecular flexibility index (Phi) is 4.08. The number of nitrogens with zero attached hydrogens (tertiary/aromatic N) is 1. The summed E-state index contributed by atoms with van der Waals surface area (Å²) in [5.41, 5.74) is 0. The minimum atomic E-state index is -2.91. The number of benzene rings is 1. The highest BCUT2D eigenvalue weighted by Crippen LogP contribution is 2.32. The highest BCUT2D eigenvalue weighted by atomic mass is 32.2. The van der Waals surface area contributed by atoms with Crippen molar-refractivity contribution in [2.24, 2.45) is 11.8 Å². The van der Waals surface area contributed by atoms with Crippen molar-refractivity contribution in [1.82, 2.24) is 4.90 Å². The molecule has 2 aliphatic rings. The molecule has 0 radical (unpaired) electrons. The summed E-state index contributed by atoms with van der Waals surface area (Å²) >= 11 is 0. The van der Waals surface area contributed by atoms with Gasteiger partial charge in [0.25, 0.3) is 0 Å². The monoisotopic (exact) mass is 327 g/mol. The number of ether oxygens (including phenoxy) is 1. The van der Waals surface area contributed by atoms with E-state index in [1.165, 1.54) is 12.1 Å². The number of likely N-dealkylation sites (tertiary alicyclic amines) is 1. The van der Waals surface area contributed by atoms with Crippen molar-refractivity contribution < 1.29 is 22.3 Å². The third-order valence-electron chi connectivity index (χ3n) is 4.25. The first kappa shape index (κ1) is 15.3. The van der Waals surface area contributed by atoms with E-state index in [0.29, 0.717) is 18.8 Å². The first-order chi connectivity index (χ1) is 10.4. The zero-order chi connectivity index (χ0) is 15.7. The molecule has 1 aromatic rings. The predicted octanol–water partition coefficient (Wildman–Crippen LogP) is 1.10. The summed E-state index contributed by atoms with van der Waals surface area (Å²) < 4.78 is 41.4. The second-order valence-electron chi connectivity index (χ2n) is 5.95. The Bertz CT molecular complexity index is 656. The smallest absolute Gasteiger partial charge is 0.226 e. The van der Waals surface area contributed by atoms with E-state index in [1.807, 2.05) is 0 Å². The van der Waals surface area contributed by atoms with Crippen LogP contribution in [0.1, 0.15) is 6.42 Å². The van der Waals surface area contributed by atoms with E-state index >= 15 is 0 Å².